The first kappa shape index (κ1) is 27.0. The second-order valence-corrected chi connectivity index (χ2v) is 7.40. The van der Waals surface area contributed by atoms with Crippen LogP contribution in [0.1, 0.15) is 76.1 Å². The summed E-state index contributed by atoms with van der Waals surface area (Å²) >= 11 is 0. The van der Waals surface area contributed by atoms with Crippen LogP contribution in [0.3, 0.4) is 0 Å². The Labute approximate surface area is 186 Å². The minimum absolute atomic E-state index is 0.0544. The van der Waals surface area contributed by atoms with E-state index in [0.717, 1.165) is 44.7 Å². The number of nitrogens with zero attached hydrogens (tertiary/aromatic N) is 1. The Hall–Kier alpha value is -3.04. The molecule has 0 spiro atoms. The number of halogens is 1. The fourth-order valence-corrected chi connectivity index (χ4v) is 3.15. The molecule has 0 heterocycles. The maximum absolute atomic E-state index is 14.5. The second-order valence-electron chi connectivity index (χ2n) is 7.40. The molecule has 9 nitrogen and oxygen atoms in total. The molecule has 10 heteroatoms. The number of nitrogens with one attached hydrogen (secondary N) is 1. The van der Waals surface area contributed by atoms with Crippen molar-refractivity contribution in [3.63, 3.8) is 0 Å². The highest BCUT2D eigenvalue weighted by molar-refractivity contribution is 6.00. The third-order valence-electron chi connectivity index (χ3n) is 4.72. The highest BCUT2D eigenvalue weighted by atomic mass is 19.1. The van der Waals surface area contributed by atoms with Gasteiger partial charge in [-0.25, -0.2) is 4.39 Å². The van der Waals surface area contributed by atoms with Gasteiger partial charge in [0.1, 0.15) is 12.2 Å². The lowest BCUT2D eigenvalue weighted by Crippen LogP contribution is -2.29. The van der Waals surface area contributed by atoms with E-state index in [-0.39, 0.29) is 31.9 Å². The van der Waals surface area contributed by atoms with Crippen molar-refractivity contribution in [1.29, 1.82) is 0 Å². The number of hydrogen-bond acceptors (Lipinski definition) is 7. The van der Waals surface area contributed by atoms with Crippen LogP contribution in [0.2, 0.25) is 0 Å². The summed E-state index contributed by atoms with van der Waals surface area (Å²) in [6.45, 7) is 4.66. The maximum Gasteiger partial charge on any atom is 0.302 e. The largest absolute Gasteiger partial charge is 0.486 e. The van der Waals surface area contributed by atoms with Gasteiger partial charge in [0.25, 0.3) is 5.69 Å². The summed E-state index contributed by atoms with van der Waals surface area (Å²) in [7, 11) is 0. The molecule has 1 unspecified atom stereocenters. The molecule has 0 aliphatic carbocycles. The van der Waals surface area contributed by atoms with Gasteiger partial charge in [0, 0.05) is 19.4 Å². The van der Waals surface area contributed by atoms with E-state index in [4.69, 9.17) is 9.47 Å². The minimum atomic E-state index is -0.870. The van der Waals surface area contributed by atoms with Crippen molar-refractivity contribution in [2.45, 2.75) is 71.8 Å². The molecular formula is C22H31FN2O7. The average molecular weight is 454 g/mol. The first-order chi connectivity index (χ1) is 15.2. The van der Waals surface area contributed by atoms with Crippen LogP contribution in [-0.2, 0) is 14.3 Å². The van der Waals surface area contributed by atoms with E-state index in [1.807, 2.05) is 0 Å². The number of unbranched alkanes of at least 4 members (excludes halogenated alkanes) is 3. The van der Waals surface area contributed by atoms with E-state index in [1.165, 1.54) is 6.92 Å². The Kier molecular flexibility index (Phi) is 11.9. The van der Waals surface area contributed by atoms with Gasteiger partial charge in [0.2, 0.25) is 5.91 Å². The Balaban J connectivity index is 2.92. The van der Waals surface area contributed by atoms with Gasteiger partial charge >= 0.3 is 5.97 Å². The summed E-state index contributed by atoms with van der Waals surface area (Å²) in [4.78, 5) is 45.4. The molecule has 1 aromatic carbocycles. The van der Waals surface area contributed by atoms with Gasteiger partial charge < -0.3 is 14.8 Å². The second kappa shape index (κ2) is 14.1. The van der Waals surface area contributed by atoms with Gasteiger partial charge in [-0.15, -0.1) is 0 Å². The zero-order valence-electron chi connectivity index (χ0n) is 18.8. The predicted molar refractivity (Wildman–Crippen MR) is 115 cm³/mol. The maximum atomic E-state index is 14.5. The Morgan fingerprint density at radius 1 is 1.16 bits per heavy atom. The number of ether oxygens (including phenoxy) is 2. The van der Waals surface area contributed by atoms with E-state index >= 15 is 0 Å². The third kappa shape index (κ3) is 9.40. The molecule has 0 fully saturated rings. The van der Waals surface area contributed by atoms with Crippen molar-refractivity contribution in [2.24, 2.45) is 0 Å². The van der Waals surface area contributed by atoms with E-state index < -0.39 is 45.6 Å². The fourth-order valence-electron chi connectivity index (χ4n) is 3.15. The first-order valence-electron chi connectivity index (χ1n) is 10.7. The molecule has 0 aromatic heterocycles. The van der Waals surface area contributed by atoms with E-state index in [2.05, 4.69) is 12.2 Å². The summed E-state index contributed by atoms with van der Waals surface area (Å²) in [6.07, 6.45) is 3.88. The predicted octanol–water partition coefficient (Wildman–Crippen LogP) is 4.11. The van der Waals surface area contributed by atoms with Gasteiger partial charge in [0.15, 0.2) is 17.3 Å². The molecule has 178 valence electrons. The van der Waals surface area contributed by atoms with Crippen LogP contribution in [0.15, 0.2) is 12.1 Å². The molecule has 0 saturated carbocycles. The molecule has 1 amide bonds. The number of nitro groups is 1. The number of rotatable bonds is 15. The van der Waals surface area contributed by atoms with Crippen LogP contribution in [0, 0.1) is 15.9 Å². The number of nitro benzene ring substituents is 1. The standard InChI is InChI=1S/C22H31FN2O7/c1-4-5-6-7-8-17(9-12-20(28)24-13-14-31-16(3)27)32-22-18(23)10-11-19(25(29)30)21(22)15(2)26/h10-11,17H,4-9,12-14H2,1-3H3,(H,24,28). The van der Waals surface area contributed by atoms with E-state index in [9.17, 15) is 28.9 Å². The molecule has 1 atom stereocenters. The van der Waals surface area contributed by atoms with Crippen LogP contribution < -0.4 is 10.1 Å². The molecular weight excluding hydrogens is 423 g/mol. The zero-order chi connectivity index (χ0) is 24.1. The number of esters is 1. The van der Waals surface area contributed by atoms with Crippen molar-refractivity contribution in [2.75, 3.05) is 13.2 Å². The van der Waals surface area contributed by atoms with Gasteiger partial charge in [-0.2, -0.15) is 0 Å². The van der Waals surface area contributed by atoms with Gasteiger partial charge in [0.05, 0.1) is 17.6 Å². The van der Waals surface area contributed by atoms with E-state index in [1.54, 1.807) is 0 Å². The van der Waals surface area contributed by atoms with Crippen molar-refractivity contribution in [3.8, 4) is 5.75 Å². The van der Waals surface area contributed by atoms with Crippen molar-refractivity contribution in [3.05, 3.63) is 33.6 Å². The minimum Gasteiger partial charge on any atom is -0.486 e. The smallest absolute Gasteiger partial charge is 0.302 e. The van der Waals surface area contributed by atoms with Gasteiger partial charge in [-0.05, 0) is 32.3 Å². The molecule has 0 saturated heterocycles. The molecule has 1 aromatic rings. The average Bonchev–Trinajstić information content (AvgIpc) is 2.72. The Morgan fingerprint density at radius 3 is 2.47 bits per heavy atom. The molecule has 1 N–H and O–H groups in total. The Bertz CT molecular complexity index is 814. The third-order valence-corrected chi connectivity index (χ3v) is 4.72. The van der Waals surface area contributed by atoms with Crippen LogP contribution in [0.4, 0.5) is 10.1 Å². The summed E-state index contributed by atoms with van der Waals surface area (Å²) in [5.41, 5.74) is -0.943. The zero-order valence-corrected chi connectivity index (χ0v) is 18.8. The number of hydrogen-bond donors (Lipinski definition) is 1. The lowest BCUT2D eigenvalue weighted by molar-refractivity contribution is -0.385. The van der Waals surface area contributed by atoms with Crippen LogP contribution in [0.5, 0.6) is 5.75 Å². The number of benzene rings is 1. The molecule has 1 rings (SSSR count). The molecule has 0 aliphatic heterocycles. The van der Waals surface area contributed by atoms with Crippen LogP contribution >= 0.6 is 0 Å². The van der Waals surface area contributed by atoms with Crippen LogP contribution in [0.25, 0.3) is 0 Å². The topological polar surface area (TPSA) is 125 Å². The van der Waals surface area contributed by atoms with Gasteiger partial charge in [-0.1, -0.05) is 26.2 Å². The normalized spacial score (nSPS) is 11.5. The lowest BCUT2D eigenvalue weighted by atomic mass is 10.0. The van der Waals surface area contributed by atoms with Crippen molar-refractivity contribution < 1.29 is 33.2 Å². The van der Waals surface area contributed by atoms with Crippen molar-refractivity contribution in [1.82, 2.24) is 5.32 Å². The van der Waals surface area contributed by atoms with Gasteiger partial charge in [-0.3, -0.25) is 24.5 Å². The van der Waals surface area contributed by atoms with E-state index in [0.29, 0.717) is 6.42 Å². The number of Topliss-reactive ketones (excluding diaryl/α,β-unsaturated/α-hetero) is 1. The summed E-state index contributed by atoms with van der Waals surface area (Å²) < 4.78 is 25.0. The summed E-state index contributed by atoms with van der Waals surface area (Å²) in [5.74, 6) is -2.75. The van der Waals surface area contributed by atoms with Crippen molar-refractivity contribution >= 4 is 23.3 Å². The molecule has 0 bridgehead atoms. The highest BCUT2D eigenvalue weighted by Crippen LogP contribution is 2.33. The number of amides is 1. The summed E-state index contributed by atoms with van der Waals surface area (Å²) in [6, 6.07) is 1.83. The van der Waals surface area contributed by atoms with Crippen LogP contribution in [-0.4, -0.2) is 41.8 Å². The monoisotopic (exact) mass is 454 g/mol. The molecule has 0 aliphatic rings. The Morgan fingerprint density at radius 2 is 1.88 bits per heavy atom. The highest BCUT2D eigenvalue weighted by Gasteiger charge is 2.28. The SMILES string of the molecule is CCCCCCC(CCC(=O)NCCOC(C)=O)Oc1c(F)ccc([N+](=O)[O-])c1C(C)=O. The molecule has 0 radical (unpaired) electrons. The number of carbonyl (C=O) groups excluding carboxylic acids is 3. The number of carbonyl (C=O) groups is 3. The first-order valence-corrected chi connectivity index (χ1v) is 10.7. The summed E-state index contributed by atoms with van der Waals surface area (Å²) in [5, 5.41) is 13.9. The number of ketones is 1. The lowest BCUT2D eigenvalue weighted by Gasteiger charge is -2.21. The fraction of sp³-hybridized carbons (Fsp3) is 0.591. The quantitative estimate of drug-likeness (QED) is 0.139. The molecule has 32 heavy (non-hydrogen) atoms.